The Morgan fingerprint density at radius 2 is 1.69 bits per heavy atom. The molecule has 8 heteroatoms. The van der Waals surface area contributed by atoms with Gasteiger partial charge in [-0.05, 0) is 88.5 Å². The Hall–Kier alpha value is -2.45. The van der Waals surface area contributed by atoms with Gasteiger partial charge >= 0.3 is 6.18 Å². The molecule has 35 heavy (non-hydrogen) atoms. The van der Waals surface area contributed by atoms with Gasteiger partial charge in [-0.15, -0.1) is 0 Å². The van der Waals surface area contributed by atoms with Crippen molar-refractivity contribution in [2.75, 3.05) is 26.3 Å². The number of piperidine rings is 1. The molecule has 1 aromatic heterocycles. The lowest BCUT2D eigenvalue weighted by molar-refractivity contribution is -0.137. The van der Waals surface area contributed by atoms with E-state index in [1.165, 1.54) is 22.9 Å². The molecule has 3 aromatic rings. The summed E-state index contributed by atoms with van der Waals surface area (Å²) in [5, 5.41) is 4.83. The van der Waals surface area contributed by atoms with E-state index in [4.69, 9.17) is 4.74 Å². The predicted octanol–water partition coefficient (Wildman–Crippen LogP) is 6.12. The molecule has 0 aliphatic carbocycles. The molecule has 2 heterocycles. The van der Waals surface area contributed by atoms with Crippen molar-refractivity contribution in [3.05, 3.63) is 65.1 Å². The Bertz CT molecular complexity index is 1150. The fourth-order valence-electron chi connectivity index (χ4n) is 5.06. The molecule has 0 saturated carbocycles. The van der Waals surface area contributed by atoms with E-state index in [1.54, 1.807) is 13.2 Å². The Balaban J connectivity index is 1.50. The molecule has 190 valence electrons. The van der Waals surface area contributed by atoms with Crippen LogP contribution < -0.4 is 0 Å². The molecule has 0 N–H and O–H groups in total. The molecule has 0 unspecified atom stereocenters. The number of hydrogen-bond donors (Lipinski definition) is 0. The highest BCUT2D eigenvalue weighted by Crippen LogP contribution is 2.38. The number of halogens is 4. The van der Waals surface area contributed by atoms with Crippen LogP contribution in [0.4, 0.5) is 17.6 Å². The van der Waals surface area contributed by atoms with E-state index >= 15 is 0 Å². The fraction of sp³-hybridized carbons (Fsp3) is 0.519. The van der Waals surface area contributed by atoms with Gasteiger partial charge in [-0.25, -0.2) is 4.39 Å². The van der Waals surface area contributed by atoms with Crippen molar-refractivity contribution in [3.63, 3.8) is 0 Å². The van der Waals surface area contributed by atoms with Gasteiger partial charge in [0.1, 0.15) is 5.82 Å². The number of aromatic nitrogens is 2. The van der Waals surface area contributed by atoms with Crippen molar-refractivity contribution < 1.29 is 22.3 Å². The molecule has 0 atom stereocenters. The summed E-state index contributed by atoms with van der Waals surface area (Å²) in [4.78, 5) is 2.44. The van der Waals surface area contributed by atoms with Gasteiger partial charge in [-0.3, -0.25) is 9.58 Å². The summed E-state index contributed by atoms with van der Waals surface area (Å²) in [7, 11) is 1.70. The number of fused-ring (bicyclic) bond motifs is 1. The number of benzene rings is 2. The van der Waals surface area contributed by atoms with Crippen molar-refractivity contribution in [1.82, 2.24) is 14.7 Å². The predicted molar refractivity (Wildman–Crippen MR) is 129 cm³/mol. The SMILES string of the molecule is Cn1cc2cc(C(F)(F)F)cc(CCOCC3(c4ccc(F)cc4)CCN(C(C)(C)C)CC3)c2n1. The van der Waals surface area contributed by atoms with Crippen LogP contribution in [-0.2, 0) is 29.8 Å². The molecular formula is C27H33F4N3O. The first-order valence-corrected chi connectivity index (χ1v) is 12.0. The van der Waals surface area contributed by atoms with Crippen LogP contribution in [0.5, 0.6) is 0 Å². The first-order chi connectivity index (χ1) is 16.4. The van der Waals surface area contributed by atoms with Gasteiger partial charge in [0.2, 0.25) is 0 Å². The minimum Gasteiger partial charge on any atom is -0.380 e. The standard InChI is InChI=1S/C27H33F4N3O/c1-25(2,3)34-12-10-26(11-13-34,21-5-7-23(28)8-6-21)18-35-14-9-19-15-22(27(29,30)31)16-20-17-33(4)32-24(19)20/h5-8,15-17H,9-14,18H2,1-4H3. The van der Waals surface area contributed by atoms with Crippen LogP contribution in [0.15, 0.2) is 42.6 Å². The Kier molecular flexibility index (Phi) is 6.99. The van der Waals surface area contributed by atoms with Gasteiger partial charge in [-0.1, -0.05) is 12.1 Å². The highest BCUT2D eigenvalue weighted by atomic mass is 19.4. The lowest BCUT2D eigenvalue weighted by Gasteiger charge is -2.46. The summed E-state index contributed by atoms with van der Waals surface area (Å²) in [6.45, 7) is 9.09. The van der Waals surface area contributed by atoms with Crippen molar-refractivity contribution in [1.29, 1.82) is 0 Å². The smallest absolute Gasteiger partial charge is 0.380 e. The summed E-state index contributed by atoms with van der Waals surface area (Å²) >= 11 is 0. The molecule has 0 spiro atoms. The van der Waals surface area contributed by atoms with Gasteiger partial charge in [0.25, 0.3) is 0 Å². The molecular weight excluding hydrogens is 458 g/mol. The zero-order chi connectivity index (χ0) is 25.4. The summed E-state index contributed by atoms with van der Waals surface area (Å²) in [6.07, 6.45) is -0.770. The summed E-state index contributed by atoms with van der Waals surface area (Å²) in [5.74, 6) is -0.277. The molecule has 1 aliphatic heterocycles. The topological polar surface area (TPSA) is 30.3 Å². The number of alkyl halides is 3. The minimum absolute atomic E-state index is 0.0629. The van der Waals surface area contributed by atoms with E-state index in [1.807, 2.05) is 12.1 Å². The number of likely N-dealkylation sites (tertiary alicyclic amines) is 1. The Labute approximate surface area is 203 Å². The van der Waals surface area contributed by atoms with Crippen molar-refractivity contribution in [3.8, 4) is 0 Å². The zero-order valence-corrected chi connectivity index (χ0v) is 20.8. The van der Waals surface area contributed by atoms with E-state index in [-0.39, 0.29) is 23.4 Å². The zero-order valence-electron chi connectivity index (χ0n) is 20.8. The number of hydrogen-bond acceptors (Lipinski definition) is 3. The van der Waals surface area contributed by atoms with Gasteiger partial charge in [0.15, 0.2) is 0 Å². The normalized spacial score (nSPS) is 17.3. The van der Waals surface area contributed by atoms with Crippen LogP contribution in [0.1, 0.15) is 50.3 Å². The van der Waals surface area contributed by atoms with Crippen LogP contribution in [0.2, 0.25) is 0 Å². The second-order valence-electron chi connectivity index (χ2n) is 10.6. The molecule has 1 fully saturated rings. The molecule has 0 radical (unpaired) electrons. The van der Waals surface area contributed by atoms with Gasteiger partial charge < -0.3 is 4.74 Å². The van der Waals surface area contributed by atoms with E-state index < -0.39 is 11.7 Å². The lowest BCUT2D eigenvalue weighted by atomic mass is 9.72. The number of ether oxygens (including phenoxy) is 1. The summed E-state index contributed by atoms with van der Waals surface area (Å²) in [6, 6.07) is 8.93. The monoisotopic (exact) mass is 491 g/mol. The van der Waals surface area contributed by atoms with Crippen molar-refractivity contribution >= 4 is 10.9 Å². The summed E-state index contributed by atoms with van der Waals surface area (Å²) in [5.41, 5.74) is 1.25. The maximum Gasteiger partial charge on any atom is 0.416 e. The van der Waals surface area contributed by atoms with Gasteiger partial charge in [0.05, 0.1) is 24.3 Å². The average Bonchev–Trinajstić information content (AvgIpc) is 3.16. The molecule has 1 saturated heterocycles. The van der Waals surface area contributed by atoms with E-state index in [9.17, 15) is 17.6 Å². The second-order valence-corrected chi connectivity index (χ2v) is 10.6. The molecule has 4 rings (SSSR count). The number of aryl methyl sites for hydroxylation is 1. The quantitative estimate of drug-likeness (QED) is 0.307. The van der Waals surface area contributed by atoms with Crippen LogP contribution >= 0.6 is 0 Å². The third kappa shape index (κ3) is 5.70. The number of nitrogens with zero attached hydrogens (tertiary/aromatic N) is 3. The highest BCUT2D eigenvalue weighted by molar-refractivity contribution is 5.82. The Morgan fingerprint density at radius 3 is 2.29 bits per heavy atom. The van der Waals surface area contributed by atoms with Crippen molar-refractivity contribution in [2.24, 2.45) is 7.05 Å². The molecule has 0 bridgehead atoms. The third-order valence-corrected chi connectivity index (χ3v) is 7.15. The van der Waals surface area contributed by atoms with E-state index in [0.29, 0.717) is 29.5 Å². The van der Waals surface area contributed by atoms with Crippen molar-refractivity contribution in [2.45, 2.75) is 57.2 Å². The molecule has 0 amide bonds. The summed E-state index contributed by atoms with van der Waals surface area (Å²) < 4.78 is 61.6. The second kappa shape index (κ2) is 9.54. The van der Waals surface area contributed by atoms with E-state index in [2.05, 4.69) is 30.8 Å². The van der Waals surface area contributed by atoms with E-state index in [0.717, 1.165) is 37.6 Å². The minimum atomic E-state index is -4.42. The third-order valence-electron chi connectivity index (χ3n) is 7.15. The first-order valence-electron chi connectivity index (χ1n) is 12.0. The molecule has 1 aliphatic rings. The average molecular weight is 492 g/mol. The molecule has 2 aromatic carbocycles. The Morgan fingerprint density at radius 1 is 1.03 bits per heavy atom. The maximum atomic E-state index is 13.6. The highest BCUT2D eigenvalue weighted by Gasteiger charge is 2.39. The first kappa shape index (κ1) is 25.6. The van der Waals surface area contributed by atoms with Gasteiger partial charge in [-0.2, -0.15) is 18.3 Å². The van der Waals surface area contributed by atoms with Crippen LogP contribution in [0.25, 0.3) is 10.9 Å². The van der Waals surface area contributed by atoms with Crippen LogP contribution in [0, 0.1) is 5.82 Å². The fourth-order valence-corrected chi connectivity index (χ4v) is 5.06. The number of rotatable bonds is 6. The van der Waals surface area contributed by atoms with Crippen LogP contribution in [0.3, 0.4) is 0 Å². The lowest BCUT2D eigenvalue weighted by Crippen LogP contribution is -2.51. The maximum absolute atomic E-state index is 13.6. The van der Waals surface area contributed by atoms with Gasteiger partial charge in [0, 0.05) is 29.6 Å². The largest absolute Gasteiger partial charge is 0.416 e. The van der Waals surface area contributed by atoms with Crippen LogP contribution in [-0.4, -0.2) is 46.5 Å². The molecule has 4 nitrogen and oxygen atoms in total.